The molecular formula is C20H21FN2O2. The molecule has 130 valence electrons. The Morgan fingerprint density at radius 3 is 2.60 bits per heavy atom. The van der Waals surface area contributed by atoms with Crippen LogP contribution in [0.5, 0.6) is 0 Å². The summed E-state index contributed by atoms with van der Waals surface area (Å²) in [6.07, 6.45) is 2.52. The van der Waals surface area contributed by atoms with Gasteiger partial charge in [0.1, 0.15) is 5.82 Å². The summed E-state index contributed by atoms with van der Waals surface area (Å²) in [6, 6.07) is 13.3. The first-order valence-electron chi connectivity index (χ1n) is 8.45. The highest BCUT2D eigenvalue weighted by atomic mass is 19.1. The van der Waals surface area contributed by atoms with E-state index < -0.39 is 0 Å². The van der Waals surface area contributed by atoms with Crippen molar-refractivity contribution in [3.63, 3.8) is 0 Å². The highest BCUT2D eigenvalue weighted by Gasteiger charge is 2.20. The fourth-order valence-corrected chi connectivity index (χ4v) is 3.06. The molecular weight excluding hydrogens is 319 g/mol. The van der Waals surface area contributed by atoms with E-state index in [1.54, 1.807) is 41.1 Å². The molecule has 1 fully saturated rings. The molecule has 1 aliphatic heterocycles. The van der Waals surface area contributed by atoms with Crippen molar-refractivity contribution in [2.75, 3.05) is 18.5 Å². The number of nitrogens with zero attached hydrogens (tertiary/aromatic N) is 2. The molecule has 0 saturated carbocycles. The summed E-state index contributed by atoms with van der Waals surface area (Å²) in [4.78, 5) is 27.8. The number of hydrogen-bond donors (Lipinski definition) is 0. The minimum atomic E-state index is -0.311. The number of carbonyl (C=O) groups is 2. The van der Waals surface area contributed by atoms with Crippen LogP contribution in [0.3, 0.4) is 0 Å². The number of amides is 2. The van der Waals surface area contributed by atoms with Crippen molar-refractivity contribution >= 4 is 17.5 Å². The van der Waals surface area contributed by atoms with Crippen LogP contribution in [0.15, 0.2) is 48.5 Å². The number of rotatable bonds is 4. The Morgan fingerprint density at radius 2 is 1.92 bits per heavy atom. The van der Waals surface area contributed by atoms with Crippen molar-refractivity contribution in [2.24, 2.45) is 0 Å². The Balaban J connectivity index is 1.68. The van der Waals surface area contributed by atoms with E-state index in [4.69, 9.17) is 0 Å². The molecule has 0 N–H and O–H groups in total. The maximum atomic E-state index is 13.3. The van der Waals surface area contributed by atoms with E-state index in [9.17, 15) is 14.0 Å². The molecule has 1 aliphatic rings. The summed E-state index contributed by atoms with van der Waals surface area (Å²) >= 11 is 0. The summed E-state index contributed by atoms with van der Waals surface area (Å²) in [7, 11) is 1.69. The van der Waals surface area contributed by atoms with Gasteiger partial charge in [0.15, 0.2) is 0 Å². The standard InChI is InChI=1S/C20H21FN2O2/c1-22(14-15-5-4-6-17(21)13-15)20(25)16-8-10-18(11-9-16)23-12-3-2-7-19(23)24/h4-6,8-11,13H,2-3,7,12,14H2,1H3. The highest BCUT2D eigenvalue weighted by Crippen LogP contribution is 2.22. The zero-order valence-corrected chi connectivity index (χ0v) is 14.2. The SMILES string of the molecule is CN(Cc1cccc(F)c1)C(=O)c1ccc(N2CCCCC2=O)cc1. The first-order valence-corrected chi connectivity index (χ1v) is 8.45. The van der Waals surface area contributed by atoms with Gasteiger partial charge >= 0.3 is 0 Å². The van der Waals surface area contributed by atoms with Gasteiger partial charge in [-0.1, -0.05) is 12.1 Å². The molecule has 2 aromatic carbocycles. The Bertz CT molecular complexity index is 774. The third-order valence-corrected chi connectivity index (χ3v) is 4.40. The van der Waals surface area contributed by atoms with Gasteiger partial charge in [0.25, 0.3) is 5.91 Å². The van der Waals surface area contributed by atoms with Crippen LogP contribution < -0.4 is 4.90 Å². The summed E-state index contributed by atoms with van der Waals surface area (Å²) in [5, 5.41) is 0. The second-order valence-corrected chi connectivity index (χ2v) is 6.34. The molecule has 0 aliphatic carbocycles. The average Bonchev–Trinajstić information content (AvgIpc) is 2.62. The van der Waals surface area contributed by atoms with Crippen LogP contribution in [-0.4, -0.2) is 30.3 Å². The zero-order chi connectivity index (χ0) is 17.8. The number of halogens is 1. The van der Waals surface area contributed by atoms with Crippen molar-refractivity contribution in [1.29, 1.82) is 0 Å². The molecule has 25 heavy (non-hydrogen) atoms. The van der Waals surface area contributed by atoms with Crippen molar-refractivity contribution in [2.45, 2.75) is 25.8 Å². The van der Waals surface area contributed by atoms with Crippen LogP contribution in [0.1, 0.15) is 35.2 Å². The van der Waals surface area contributed by atoms with E-state index in [0.717, 1.165) is 30.6 Å². The predicted molar refractivity (Wildman–Crippen MR) is 94.8 cm³/mol. The second-order valence-electron chi connectivity index (χ2n) is 6.34. The van der Waals surface area contributed by atoms with Crippen molar-refractivity contribution in [1.82, 2.24) is 4.90 Å². The largest absolute Gasteiger partial charge is 0.337 e. The van der Waals surface area contributed by atoms with Gasteiger partial charge in [0, 0.05) is 37.8 Å². The fraction of sp³-hybridized carbons (Fsp3) is 0.300. The molecule has 1 saturated heterocycles. The number of carbonyl (C=O) groups excluding carboxylic acids is 2. The van der Waals surface area contributed by atoms with Crippen molar-refractivity contribution < 1.29 is 14.0 Å². The van der Waals surface area contributed by atoms with Gasteiger partial charge in [-0.2, -0.15) is 0 Å². The molecule has 0 atom stereocenters. The van der Waals surface area contributed by atoms with Gasteiger partial charge in [-0.25, -0.2) is 4.39 Å². The van der Waals surface area contributed by atoms with Gasteiger partial charge in [-0.3, -0.25) is 9.59 Å². The number of piperidine rings is 1. The molecule has 2 amide bonds. The summed E-state index contributed by atoms with van der Waals surface area (Å²) in [6.45, 7) is 1.06. The van der Waals surface area contributed by atoms with Crippen LogP contribution in [0.25, 0.3) is 0 Å². The topological polar surface area (TPSA) is 40.6 Å². The van der Waals surface area contributed by atoms with Crippen molar-refractivity contribution in [3.05, 3.63) is 65.5 Å². The van der Waals surface area contributed by atoms with Gasteiger partial charge in [-0.15, -0.1) is 0 Å². The minimum absolute atomic E-state index is 0.133. The molecule has 4 nitrogen and oxygen atoms in total. The van der Waals surface area contributed by atoms with E-state index in [0.29, 0.717) is 18.5 Å². The summed E-state index contributed by atoms with van der Waals surface area (Å²) in [5.41, 5.74) is 2.12. The maximum Gasteiger partial charge on any atom is 0.253 e. The first kappa shape index (κ1) is 17.1. The van der Waals surface area contributed by atoms with E-state index >= 15 is 0 Å². The number of hydrogen-bond acceptors (Lipinski definition) is 2. The van der Waals surface area contributed by atoms with E-state index in [1.807, 2.05) is 12.1 Å². The number of benzene rings is 2. The fourth-order valence-electron chi connectivity index (χ4n) is 3.06. The monoisotopic (exact) mass is 340 g/mol. The van der Waals surface area contributed by atoms with Gasteiger partial charge in [-0.05, 0) is 54.8 Å². The molecule has 0 bridgehead atoms. The normalized spacial score (nSPS) is 14.5. The smallest absolute Gasteiger partial charge is 0.253 e. The quantitative estimate of drug-likeness (QED) is 0.853. The van der Waals surface area contributed by atoms with E-state index in [2.05, 4.69) is 0 Å². The molecule has 5 heteroatoms. The Hall–Kier alpha value is -2.69. The molecule has 0 aromatic heterocycles. The average molecular weight is 340 g/mol. The molecule has 0 unspecified atom stereocenters. The Kier molecular flexibility index (Phi) is 5.12. The lowest BCUT2D eigenvalue weighted by atomic mass is 10.1. The highest BCUT2D eigenvalue weighted by molar-refractivity contribution is 5.96. The number of anilines is 1. The maximum absolute atomic E-state index is 13.3. The Morgan fingerprint density at radius 1 is 1.16 bits per heavy atom. The third-order valence-electron chi connectivity index (χ3n) is 4.40. The predicted octanol–water partition coefficient (Wildman–Crippen LogP) is 3.61. The van der Waals surface area contributed by atoms with Crippen LogP contribution in [0, 0.1) is 5.82 Å². The van der Waals surface area contributed by atoms with Crippen molar-refractivity contribution in [3.8, 4) is 0 Å². The lowest BCUT2D eigenvalue weighted by Crippen LogP contribution is -2.35. The Labute approximate surface area is 146 Å². The van der Waals surface area contributed by atoms with Crippen LogP contribution in [-0.2, 0) is 11.3 Å². The van der Waals surface area contributed by atoms with Crippen LogP contribution >= 0.6 is 0 Å². The van der Waals surface area contributed by atoms with E-state index in [1.165, 1.54) is 12.1 Å². The van der Waals surface area contributed by atoms with Gasteiger partial charge in [0.05, 0.1) is 0 Å². The molecule has 1 heterocycles. The van der Waals surface area contributed by atoms with Gasteiger partial charge < -0.3 is 9.80 Å². The zero-order valence-electron chi connectivity index (χ0n) is 14.2. The lowest BCUT2D eigenvalue weighted by molar-refractivity contribution is -0.119. The summed E-state index contributed by atoms with van der Waals surface area (Å²) < 4.78 is 13.3. The van der Waals surface area contributed by atoms with E-state index in [-0.39, 0.29) is 17.6 Å². The molecule has 3 rings (SSSR count). The van der Waals surface area contributed by atoms with Crippen LogP contribution in [0.2, 0.25) is 0 Å². The van der Waals surface area contributed by atoms with Crippen LogP contribution in [0.4, 0.5) is 10.1 Å². The molecule has 0 radical (unpaired) electrons. The summed E-state index contributed by atoms with van der Waals surface area (Å²) in [5.74, 6) is -0.316. The minimum Gasteiger partial charge on any atom is -0.337 e. The molecule has 2 aromatic rings. The third kappa shape index (κ3) is 4.05. The van der Waals surface area contributed by atoms with Gasteiger partial charge in [0.2, 0.25) is 5.91 Å². The lowest BCUT2D eigenvalue weighted by Gasteiger charge is -2.27. The first-order chi connectivity index (χ1) is 12.0. The molecule has 0 spiro atoms. The second kappa shape index (κ2) is 7.47.